The lowest BCUT2D eigenvalue weighted by atomic mass is 10.2. The molecule has 0 spiro atoms. The Kier molecular flexibility index (Phi) is 5.14. The third kappa shape index (κ3) is 3.15. The van der Waals surface area contributed by atoms with Gasteiger partial charge >= 0.3 is 0 Å². The normalized spacial score (nSPS) is 10.1. The molecule has 16 heavy (non-hydrogen) atoms. The van der Waals surface area contributed by atoms with Crippen LogP contribution >= 0.6 is 11.8 Å². The molecule has 0 unspecified atom stereocenters. The number of rotatable bonds is 6. The second-order valence-corrected chi connectivity index (χ2v) is 4.44. The molecule has 0 bridgehead atoms. The maximum absolute atomic E-state index is 10.6. The highest BCUT2D eigenvalue weighted by molar-refractivity contribution is 7.99. The molecular weight excluding hydrogens is 226 g/mol. The first-order chi connectivity index (χ1) is 7.72. The summed E-state index contributed by atoms with van der Waals surface area (Å²) in [5.74, 6) is 6.73. The molecule has 0 aliphatic rings. The Morgan fingerprint density at radius 2 is 2.31 bits per heavy atom. The van der Waals surface area contributed by atoms with Crippen LogP contribution in [0.25, 0.3) is 0 Å². The Balaban J connectivity index is 2.92. The third-order valence-electron chi connectivity index (χ3n) is 2.08. The minimum Gasteiger partial charge on any atom is -0.592 e. The van der Waals surface area contributed by atoms with Gasteiger partial charge in [-0.2, -0.15) is 5.90 Å². The third-order valence-corrected chi connectivity index (χ3v) is 3.29. The maximum atomic E-state index is 10.6. The van der Waals surface area contributed by atoms with Gasteiger partial charge < -0.3 is 9.94 Å². The van der Waals surface area contributed by atoms with Gasteiger partial charge in [0.2, 0.25) is 0 Å². The highest BCUT2D eigenvalue weighted by Gasteiger charge is 2.15. The zero-order chi connectivity index (χ0) is 12.0. The number of hydrogen-bond acceptors (Lipinski definition) is 4. The molecule has 0 aromatic heterocycles. The van der Waals surface area contributed by atoms with Crippen molar-refractivity contribution < 1.29 is 14.7 Å². The first kappa shape index (κ1) is 12.9. The zero-order valence-corrected chi connectivity index (χ0v) is 9.97. The van der Waals surface area contributed by atoms with Crippen LogP contribution in [0.5, 0.6) is 11.5 Å². The average molecular weight is 242 g/mol. The second kappa shape index (κ2) is 6.40. The van der Waals surface area contributed by atoms with Crippen molar-refractivity contribution >= 4 is 18.0 Å². The van der Waals surface area contributed by atoms with Crippen molar-refractivity contribution in [1.82, 2.24) is 0 Å². The van der Waals surface area contributed by atoms with E-state index in [4.69, 9.17) is 15.8 Å². The van der Waals surface area contributed by atoms with Crippen LogP contribution < -0.4 is 10.7 Å². The molecule has 1 rings (SSSR count). The van der Waals surface area contributed by atoms with Crippen LogP contribution in [-0.2, 0) is 0 Å². The summed E-state index contributed by atoms with van der Waals surface area (Å²) in [5, 5.41) is 7.78. The number of carbonyl (C=O) groups excluding carboxylic acids is 1. The van der Waals surface area contributed by atoms with Crippen LogP contribution in [0.1, 0.15) is 30.1 Å². The van der Waals surface area contributed by atoms with Gasteiger partial charge in [-0.15, -0.1) is 11.8 Å². The molecule has 0 aliphatic heterocycles. The van der Waals surface area contributed by atoms with E-state index in [-0.39, 0.29) is 5.75 Å². The minimum atomic E-state index is 0.283. The molecule has 1 aromatic rings. The Hall–Kier alpha value is -1.20. The fourth-order valence-corrected chi connectivity index (χ4v) is 2.35. The van der Waals surface area contributed by atoms with Crippen molar-refractivity contribution in [3.63, 3.8) is 0 Å². The summed E-state index contributed by atoms with van der Waals surface area (Å²) in [6, 6.07) is 3.07. The number of unbranched alkanes of at least 4 members (excludes halogenated alkanes) is 1. The molecule has 0 heterocycles. The number of hydrogen-bond donors (Lipinski definition) is 1. The molecule has 0 radical (unpaired) electrons. The largest absolute Gasteiger partial charge is 0.592 e. The minimum absolute atomic E-state index is 0.283. The summed E-state index contributed by atoms with van der Waals surface area (Å²) in [7, 11) is 0. The molecule has 0 fully saturated rings. The summed E-state index contributed by atoms with van der Waals surface area (Å²) in [6.45, 7) is 2.11. The van der Waals surface area contributed by atoms with Gasteiger partial charge in [-0.05, 0) is 18.2 Å². The summed E-state index contributed by atoms with van der Waals surface area (Å²) in [6.07, 6.45) is 2.86. The predicted molar refractivity (Wildman–Crippen MR) is 65.3 cm³/mol. The van der Waals surface area contributed by atoms with Gasteiger partial charge in [-0.3, -0.25) is 4.79 Å². The van der Waals surface area contributed by atoms with E-state index in [0.717, 1.165) is 18.6 Å². The number of benzene rings is 1. The Bertz CT molecular complexity index is 368. The van der Waals surface area contributed by atoms with Gasteiger partial charge in [-0.1, -0.05) is 13.3 Å². The van der Waals surface area contributed by atoms with Gasteiger partial charge in [0.15, 0.2) is 12.0 Å². The van der Waals surface area contributed by atoms with Crippen molar-refractivity contribution in [1.29, 1.82) is 0 Å². The topological polar surface area (TPSA) is 75.2 Å². The standard InChI is InChI=1S/C11H15NO3S/c1-2-3-4-16-11-9(14)5-8(7-13)6-10(11)15-12/h5-7,14H,2-4,12H2,1H3/p+1. The molecule has 0 amide bonds. The summed E-state index contributed by atoms with van der Waals surface area (Å²) in [5.41, 5.74) is 0.408. The van der Waals surface area contributed by atoms with Crippen molar-refractivity contribution in [2.75, 3.05) is 5.75 Å². The van der Waals surface area contributed by atoms with Crippen LogP contribution in [0.2, 0.25) is 0 Å². The van der Waals surface area contributed by atoms with Crippen LogP contribution in [-0.4, -0.2) is 17.1 Å². The van der Waals surface area contributed by atoms with E-state index in [9.17, 15) is 4.79 Å². The molecule has 4 nitrogen and oxygen atoms in total. The molecule has 0 saturated carbocycles. The van der Waals surface area contributed by atoms with Crippen molar-refractivity contribution in [2.24, 2.45) is 5.90 Å². The lowest BCUT2D eigenvalue weighted by Crippen LogP contribution is -2.04. The number of nitrogens with two attached hydrogens (primary N) is 1. The van der Waals surface area contributed by atoms with Gasteiger partial charge in [0, 0.05) is 11.6 Å². The maximum Gasteiger partial charge on any atom is 0.272 e. The molecule has 0 atom stereocenters. The number of thioether (sulfide) groups is 1. The summed E-state index contributed by atoms with van der Waals surface area (Å²) < 4.78 is 0. The van der Waals surface area contributed by atoms with Gasteiger partial charge in [0.25, 0.3) is 5.75 Å². The SMILES string of the molecule is CCCCSc1c([OH2+])cc(C=O)cc1ON. The smallest absolute Gasteiger partial charge is 0.272 e. The Labute approximate surface area is 98.7 Å². The Morgan fingerprint density at radius 1 is 1.56 bits per heavy atom. The first-order valence-corrected chi connectivity index (χ1v) is 6.05. The van der Waals surface area contributed by atoms with Gasteiger partial charge in [0.1, 0.15) is 4.90 Å². The van der Waals surface area contributed by atoms with Crippen LogP contribution in [0.15, 0.2) is 17.0 Å². The van der Waals surface area contributed by atoms with Crippen molar-refractivity contribution in [2.45, 2.75) is 24.7 Å². The van der Waals surface area contributed by atoms with Crippen molar-refractivity contribution in [3.8, 4) is 11.5 Å². The highest BCUT2D eigenvalue weighted by Crippen LogP contribution is 2.38. The molecule has 4 N–H and O–H groups in total. The van der Waals surface area contributed by atoms with E-state index in [2.05, 4.69) is 6.92 Å². The molecule has 0 saturated heterocycles. The van der Waals surface area contributed by atoms with Gasteiger partial charge in [0.05, 0.1) is 0 Å². The molecule has 5 heteroatoms. The van der Waals surface area contributed by atoms with Crippen LogP contribution in [0, 0.1) is 0 Å². The predicted octanol–water partition coefficient (Wildman–Crippen LogP) is 2.08. The quantitative estimate of drug-likeness (QED) is 0.272. The number of aldehydes is 1. The van der Waals surface area contributed by atoms with Crippen LogP contribution in [0.4, 0.5) is 0 Å². The summed E-state index contributed by atoms with van der Waals surface area (Å²) in [4.78, 5) is 16.0. The molecular formula is C11H16NO3S+. The van der Waals surface area contributed by atoms with E-state index in [1.807, 2.05) is 0 Å². The van der Waals surface area contributed by atoms with Crippen molar-refractivity contribution in [3.05, 3.63) is 17.7 Å². The van der Waals surface area contributed by atoms with E-state index in [0.29, 0.717) is 22.5 Å². The lowest BCUT2D eigenvalue weighted by Gasteiger charge is -2.07. The molecule has 1 aromatic carbocycles. The molecule has 0 aliphatic carbocycles. The highest BCUT2D eigenvalue weighted by atomic mass is 32.2. The van der Waals surface area contributed by atoms with E-state index in [1.165, 1.54) is 17.8 Å². The Morgan fingerprint density at radius 3 is 2.88 bits per heavy atom. The second-order valence-electron chi connectivity index (χ2n) is 3.33. The fraction of sp³-hybridized carbons (Fsp3) is 0.364. The zero-order valence-electron chi connectivity index (χ0n) is 9.16. The van der Waals surface area contributed by atoms with E-state index in [1.54, 1.807) is 6.07 Å². The monoisotopic (exact) mass is 242 g/mol. The average Bonchev–Trinajstić information content (AvgIpc) is 2.30. The van der Waals surface area contributed by atoms with E-state index >= 15 is 0 Å². The first-order valence-electron chi connectivity index (χ1n) is 5.07. The lowest BCUT2D eigenvalue weighted by molar-refractivity contribution is 0.112. The van der Waals surface area contributed by atoms with E-state index < -0.39 is 0 Å². The van der Waals surface area contributed by atoms with Gasteiger partial charge in [-0.25, -0.2) is 0 Å². The summed E-state index contributed by atoms with van der Waals surface area (Å²) >= 11 is 1.53. The number of carbonyl (C=O) groups is 1. The fourth-order valence-electron chi connectivity index (χ4n) is 1.25. The molecule has 88 valence electrons. The van der Waals surface area contributed by atoms with Crippen LogP contribution in [0.3, 0.4) is 0 Å².